The molecule has 0 radical (unpaired) electrons. The molecule has 1 saturated heterocycles. The molecule has 0 amide bonds. The zero-order valence-electron chi connectivity index (χ0n) is 21.3. The van der Waals surface area contributed by atoms with Crippen LogP contribution in [0.5, 0.6) is 0 Å². The topological polar surface area (TPSA) is 95.3 Å². The number of hydrogen-bond donors (Lipinski definition) is 0. The summed E-state index contributed by atoms with van der Waals surface area (Å²) in [5.41, 5.74) is -0.171. The second-order valence-corrected chi connectivity index (χ2v) is 12.5. The standard InChI is InChI=1S/C28H34O7/c1-14(29)33-19-11-17-25(2,3)22(31)21-24(35-21)28(17,6)16-7-9-26(4)18(27(16,19)5)12-20(30)34-23(26)15-8-10-32-13-15/h8,10,12-13,16-17,19,21,23-24H,7,9,11H2,1-6H3/t16?,17?,19-,21+,23+,24+,26-,27-,28-/m1/s1. The highest BCUT2D eigenvalue weighted by molar-refractivity contribution is 5.93. The van der Waals surface area contributed by atoms with Crippen LogP contribution in [0.3, 0.4) is 0 Å². The lowest BCUT2D eigenvalue weighted by atomic mass is 9.37. The highest BCUT2D eigenvalue weighted by atomic mass is 16.6. The number of esters is 2. The lowest BCUT2D eigenvalue weighted by Gasteiger charge is -2.67. The highest BCUT2D eigenvalue weighted by Crippen LogP contribution is 2.74. The molecular formula is C28H34O7. The predicted molar refractivity (Wildman–Crippen MR) is 124 cm³/mol. The smallest absolute Gasteiger partial charge is 0.331 e. The van der Waals surface area contributed by atoms with Gasteiger partial charge in [0.1, 0.15) is 18.3 Å². The van der Waals surface area contributed by atoms with Crippen LogP contribution in [0.15, 0.2) is 34.7 Å². The number of furan rings is 1. The fraction of sp³-hybridized carbons (Fsp3) is 0.679. The summed E-state index contributed by atoms with van der Waals surface area (Å²) in [7, 11) is 0. The molecule has 0 N–H and O–H groups in total. The first-order valence-corrected chi connectivity index (χ1v) is 12.7. The van der Waals surface area contributed by atoms with E-state index in [9.17, 15) is 14.4 Å². The number of epoxide rings is 1. The van der Waals surface area contributed by atoms with Gasteiger partial charge in [0, 0.05) is 40.2 Å². The van der Waals surface area contributed by atoms with Crippen molar-refractivity contribution in [2.24, 2.45) is 33.5 Å². The first kappa shape index (κ1) is 23.0. The van der Waals surface area contributed by atoms with E-state index in [1.165, 1.54) is 6.92 Å². The molecule has 4 fully saturated rings. The number of ketones is 1. The molecule has 6 rings (SSSR count). The Balaban J connectivity index is 1.53. The Kier molecular flexibility index (Phi) is 4.52. The highest BCUT2D eigenvalue weighted by Gasteiger charge is 2.77. The van der Waals surface area contributed by atoms with Crippen molar-refractivity contribution in [3.63, 3.8) is 0 Å². The van der Waals surface area contributed by atoms with Crippen LogP contribution < -0.4 is 0 Å². The van der Waals surface area contributed by atoms with Crippen LogP contribution in [-0.2, 0) is 28.6 Å². The molecule has 5 aliphatic rings. The third kappa shape index (κ3) is 2.73. The number of rotatable bonds is 2. The van der Waals surface area contributed by atoms with Crippen molar-refractivity contribution in [1.82, 2.24) is 0 Å². The van der Waals surface area contributed by atoms with E-state index in [4.69, 9.17) is 18.6 Å². The molecule has 1 aromatic rings. The van der Waals surface area contributed by atoms with Gasteiger partial charge in [0.05, 0.1) is 18.6 Å². The van der Waals surface area contributed by atoms with Gasteiger partial charge in [-0.05, 0) is 42.7 Å². The zero-order chi connectivity index (χ0) is 25.1. The van der Waals surface area contributed by atoms with Gasteiger partial charge in [0.25, 0.3) is 0 Å². The van der Waals surface area contributed by atoms with Gasteiger partial charge in [0.2, 0.25) is 0 Å². The van der Waals surface area contributed by atoms with Crippen molar-refractivity contribution in [1.29, 1.82) is 0 Å². The Bertz CT molecular complexity index is 1150. The molecule has 188 valence electrons. The average molecular weight is 483 g/mol. The summed E-state index contributed by atoms with van der Waals surface area (Å²) in [4.78, 5) is 38.6. The van der Waals surface area contributed by atoms with Crippen molar-refractivity contribution in [2.45, 2.75) is 85.2 Å². The largest absolute Gasteiger partial charge is 0.472 e. The maximum absolute atomic E-state index is 13.2. The normalized spacial score (nSPS) is 47.3. The minimum atomic E-state index is -0.613. The molecule has 2 unspecified atom stereocenters. The quantitative estimate of drug-likeness (QED) is 0.450. The molecule has 0 aromatic carbocycles. The van der Waals surface area contributed by atoms with Gasteiger partial charge < -0.3 is 18.6 Å². The van der Waals surface area contributed by atoms with E-state index in [2.05, 4.69) is 20.8 Å². The van der Waals surface area contributed by atoms with Crippen LogP contribution in [-0.4, -0.2) is 36.0 Å². The fourth-order valence-electron chi connectivity index (χ4n) is 9.01. The van der Waals surface area contributed by atoms with E-state index < -0.39 is 28.5 Å². The Hall–Kier alpha value is -2.41. The van der Waals surface area contributed by atoms with Crippen molar-refractivity contribution in [3.05, 3.63) is 35.8 Å². The van der Waals surface area contributed by atoms with Crippen molar-refractivity contribution >= 4 is 17.7 Å². The third-order valence-corrected chi connectivity index (χ3v) is 10.6. The van der Waals surface area contributed by atoms with E-state index >= 15 is 0 Å². The lowest BCUT2D eigenvalue weighted by Crippen LogP contribution is -2.68. The predicted octanol–water partition coefficient (Wildman–Crippen LogP) is 4.56. The minimum absolute atomic E-state index is 0.00107. The second kappa shape index (κ2) is 6.87. The summed E-state index contributed by atoms with van der Waals surface area (Å²) >= 11 is 0. The molecule has 3 saturated carbocycles. The van der Waals surface area contributed by atoms with Crippen LogP contribution in [0.1, 0.15) is 72.5 Å². The maximum Gasteiger partial charge on any atom is 0.331 e. The van der Waals surface area contributed by atoms with E-state index in [1.54, 1.807) is 18.6 Å². The molecule has 0 bridgehead atoms. The molecular weight excluding hydrogens is 448 g/mol. The fourth-order valence-corrected chi connectivity index (χ4v) is 9.01. The summed E-state index contributed by atoms with van der Waals surface area (Å²) in [5.74, 6) is -0.526. The molecule has 1 aromatic heterocycles. The van der Waals surface area contributed by atoms with Gasteiger partial charge in [-0.15, -0.1) is 0 Å². The second-order valence-electron chi connectivity index (χ2n) is 12.5. The van der Waals surface area contributed by atoms with E-state index in [0.29, 0.717) is 6.42 Å². The Morgan fingerprint density at radius 2 is 1.86 bits per heavy atom. The first-order valence-electron chi connectivity index (χ1n) is 12.7. The molecule has 9 atom stereocenters. The maximum atomic E-state index is 13.2. The van der Waals surface area contributed by atoms with Crippen LogP contribution in [0, 0.1) is 33.5 Å². The number of cyclic esters (lactones) is 1. The van der Waals surface area contributed by atoms with Crippen LogP contribution in [0.2, 0.25) is 0 Å². The van der Waals surface area contributed by atoms with E-state index in [-0.39, 0.29) is 47.2 Å². The lowest BCUT2D eigenvalue weighted by molar-refractivity contribution is -0.209. The summed E-state index contributed by atoms with van der Waals surface area (Å²) in [6, 6.07) is 1.85. The number of fused-ring (bicyclic) bond motifs is 7. The van der Waals surface area contributed by atoms with Crippen LogP contribution in [0.25, 0.3) is 0 Å². The average Bonchev–Trinajstić information content (AvgIpc) is 3.41. The molecule has 2 aliphatic heterocycles. The Labute approximate surface area is 205 Å². The number of hydrogen-bond acceptors (Lipinski definition) is 7. The molecule has 0 spiro atoms. The summed E-state index contributed by atoms with van der Waals surface area (Å²) < 4.78 is 23.4. The van der Waals surface area contributed by atoms with Gasteiger partial charge in [0.15, 0.2) is 5.78 Å². The van der Waals surface area contributed by atoms with Crippen LogP contribution >= 0.6 is 0 Å². The van der Waals surface area contributed by atoms with Gasteiger partial charge in [-0.1, -0.05) is 34.6 Å². The third-order valence-electron chi connectivity index (χ3n) is 10.6. The van der Waals surface area contributed by atoms with Crippen molar-refractivity contribution in [2.75, 3.05) is 0 Å². The van der Waals surface area contributed by atoms with E-state index in [1.807, 2.05) is 19.9 Å². The number of ether oxygens (including phenoxy) is 3. The monoisotopic (exact) mass is 482 g/mol. The summed E-state index contributed by atoms with van der Waals surface area (Å²) in [5, 5.41) is 0. The molecule has 7 heteroatoms. The van der Waals surface area contributed by atoms with Crippen LogP contribution in [0.4, 0.5) is 0 Å². The van der Waals surface area contributed by atoms with Crippen molar-refractivity contribution in [3.8, 4) is 0 Å². The number of carbonyl (C=O) groups is 3. The van der Waals surface area contributed by atoms with E-state index in [0.717, 1.165) is 24.0 Å². The summed E-state index contributed by atoms with van der Waals surface area (Å²) in [6.07, 6.45) is 5.62. The van der Waals surface area contributed by atoms with Gasteiger partial charge in [-0.25, -0.2) is 4.79 Å². The number of carbonyl (C=O) groups excluding carboxylic acids is 3. The molecule has 3 heterocycles. The van der Waals surface area contributed by atoms with Gasteiger partial charge >= 0.3 is 11.9 Å². The molecule has 7 nitrogen and oxygen atoms in total. The zero-order valence-corrected chi connectivity index (χ0v) is 21.3. The minimum Gasteiger partial charge on any atom is -0.472 e. The Morgan fingerprint density at radius 1 is 1.11 bits per heavy atom. The van der Waals surface area contributed by atoms with Crippen molar-refractivity contribution < 1.29 is 33.0 Å². The number of Topliss-reactive ketones (excluding diaryl/α,β-unsaturated/α-hetero) is 1. The Morgan fingerprint density at radius 3 is 2.51 bits per heavy atom. The first-order chi connectivity index (χ1) is 16.4. The van der Waals surface area contributed by atoms with Gasteiger partial charge in [-0.3, -0.25) is 9.59 Å². The molecule has 3 aliphatic carbocycles. The SMILES string of the molecule is CC(=O)O[C@@H]1CC2C(C)(C)C(=O)[C@@H]3O[C@@H]3[C@]2(C)C2CC[C@]3(C)C(=CC(=O)O[C@H]3c3ccoc3)[C@@]21C. The summed E-state index contributed by atoms with van der Waals surface area (Å²) in [6.45, 7) is 12.0. The molecule has 35 heavy (non-hydrogen) atoms. The van der Waals surface area contributed by atoms with Gasteiger partial charge in [-0.2, -0.15) is 0 Å².